The molecule has 1 aliphatic heterocycles. The van der Waals surface area contributed by atoms with Crippen molar-refractivity contribution in [3.8, 4) is 6.07 Å². The van der Waals surface area contributed by atoms with Gasteiger partial charge in [0.25, 0.3) is 0 Å². The summed E-state index contributed by atoms with van der Waals surface area (Å²) in [6.45, 7) is 3.51. The lowest BCUT2D eigenvalue weighted by Crippen LogP contribution is -2.51. The van der Waals surface area contributed by atoms with Crippen molar-refractivity contribution in [1.82, 2.24) is 4.90 Å². The fourth-order valence-corrected chi connectivity index (χ4v) is 2.25. The predicted molar refractivity (Wildman–Crippen MR) is 77.6 cm³/mol. The van der Waals surface area contributed by atoms with Crippen LogP contribution in [0.4, 0.5) is 5.69 Å². The second-order valence-electron chi connectivity index (χ2n) is 5.02. The first-order valence-corrected chi connectivity index (χ1v) is 6.91. The Morgan fingerprint density at radius 1 is 1.57 bits per heavy atom. The smallest absolute Gasteiger partial charge is 0.241 e. The summed E-state index contributed by atoms with van der Waals surface area (Å²) in [4.78, 5) is 14.2. The van der Waals surface area contributed by atoms with Crippen LogP contribution in [-0.2, 0) is 9.53 Å². The van der Waals surface area contributed by atoms with Crippen LogP contribution in [0.5, 0.6) is 0 Å². The van der Waals surface area contributed by atoms with Gasteiger partial charge in [0.2, 0.25) is 5.91 Å². The van der Waals surface area contributed by atoms with Gasteiger partial charge < -0.3 is 15.2 Å². The first-order valence-electron chi connectivity index (χ1n) is 6.91. The van der Waals surface area contributed by atoms with Gasteiger partial charge in [-0.15, -0.1) is 0 Å². The minimum atomic E-state index is -0.307. The monoisotopic (exact) mass is 289 g/mol. The molecule has 112 valence electrons. The molecule has 0 spiro atoms. The first kappa shape index (κ1) is 15.4. The summed E-state index contributed by atoms with van der Waals surface area (Å²) in [5, 5.41) is 20.7. The van der Waals surface area contributed by atoms with Gasteiger partial charge in [-0.2, -0.15) is 5.26 Å². The van der Waals surface area contributed by atoms with Gasteiger partial charge in [-0.1, -0.05) is 0 Å². The zero-order valence-corrected chi connectivity index (χ0v) is 12.0. The zero-order chi connectivity index (χ0) is 15.2. The van der Waals surface area contributed by atoms with Gasteiger partial charge in [-0.3, -0.25) is 9.69 Å². The second kappa shape index (κ2) is 7.18. The molecule has 1 aromatic carbocycles. The van der Waals surface area contributed by atoms with Crippen LogP contribution in [0.1, 0.15) is 12.5 Å². The average molecular weight is 289 g/mol. The summed E-state index contributed by atoms with van der Waals surface area (Å²) < 4.78 is 5.38. The summed E-state index contributed by atoms with van der Waals surface area (Å²) in [5.41, 5.74) is 1.22. The van der Waals surface area contributed by atoms with Crippen molar-refractivity contribution in [2.45, 2.75) is 19.1 Å². The molecule has 1 amide bonds. The highest BCUT2D eigenvalue weighted by Crippen LogP contribution is 2.13. The number of nitrogens with zero attached hydrogens (tertiary/aromatic N) is 2. The number of ether oxygens (including phenoxy) is 1. The van der Waals surface area contributed by atoms with E-state index in [4.69, 9.17) is 15.1 Å². The van der Waals surface area contributed by atoms with Crippen LogP contribution in [0.25, 0.3) is 0 Å². The van der Waals surface area contributed by atoms with Crippen molar-refractivity contribution in [3.63, 3.8) is 0 Å². The molecule has 2 N–H and O–H groups in total. The highest BCUT2D eigenvalue weighted by Gasteiger charge is 2.27. The van der Waals surface area contributed by atoms with Crippen LogP contribution < -0.4 is 5.32 Å². The number of hydrogen-bond donors (Lipinski definition) is 2. The fourth-order valence-electron chi connectivity index (χ4n) is 2.25. The Hall–Kier alpha value is -1.94. The highest BCUT2D eigenvalue weighted by atomic mass is 16.5. The van der Waals surface area contributed by atoms with Crippen molar-refractivity contribution in [2.24, 2.45) is 0 Å². The molecule has 0 saturated carbocycles. The molecule has 0 radical (unpaired) electrons. The van der Waals surface area contributed by atoms with Crippen LogP contribution in [0.2, 0.25) is 0 Å². The van der Waals surface area contributed by atoms with Crippen LogP contribution in [-0.4, -0.2) is 54.4 Å². The quantitative estimate of drug-likeness (QED) is 0.847. The molecule has 1 heterocycles. The number of hydrogen-bond acceptors (Lipinski definition) is 5. The van der Waals surface area contributed by atoms with Crippen LogP contribution in [0.3, 0.4) is 0 Å². The standard InChI is InChI=1S/C15H19N3O3/c1-11(18-6-7-21-14(9-18)10-19)15(20)17-13-4-2-12(8-16)3-5-13/h2-5,11,14,19H,6-7,9-10H2,1H3,(H,17,20). The molecule has 2 atom stereocenters. The van der Waals surface area contributed by atoms with Crippen molar-refractivity contribution >= 4 is 11.6 Å². The molecule has 0 aliphatic carbocycles. The Bertz CT molecular complexity index is 524. The number of nitriles is 1. The van der Waals surface area contributed by atoms with E-state index in [0.717, 1.165) is 0 Å². The summed E-state index contributed by atoms with van der Waals surface area (Å²) in [5.74, 6) is -0.113. The van der Waals surface area contributed by atoms with Gasteiger partial charge >= 0.3 is 0 Å². The van der Waals surface area contributed by atoms with Crippen LogP contribution in [0, 0.1) is 11.3 Å². The molecular formula is C15H19N3O3. The number of benzene rings is 1. The number of anilines is 1. The van der Waals surface area contributed by atoms with Gasteiger partial charge in [0.05, 0.1) is 37.0 Å². The van der Waals surface area contributed by atoms with Crippen molar-refractivity contribution < 1.29 is 14.6 Å². The van der Waals surface area contributed by atoms with Gasteiger partial charge in [0.15, 0.2) is 0 Å². The van der Waals surface area contributed by atoms with E-state index in [-0.39, 0.29) is 24.7 Å². The van der Waals surface area contributed by atoms with Crippen LogP contribution in [0.15, 0.2) is 24.3 Å². The van der Waals surface area contributed by atoms with E-state index >= 15 is 0 Å². The summed E-state index contributed by atoms with van der Waals surface area (Å²) in [7, 11) is 0. The van der Waals surface area contributed by atoms with Crippen molar-refractivity contribution in [1.29, 1.82) is 5.26 Å². The van der Waals surface area contributed by atoms with E-state index in [1.807, 2.05) is 17.9 Å². The SMILES string of the molecule is CC(C(=O)Nc1ccc(C#N)cc1)N1CCOC(CO)C1. The Kier molecular flexibility index (Phi) is 5.28. The lowest BCUT2D eigenvalue weighted by atomic mass is 10.2. The lowest BCUT2D eigenvalue weighted by molar-refractivity contribution is -0.125. The van der Waals surface area contributed by atoms with Gasteiger partial charge in [0, 0.05) is 18.8 Å². The number of amides is 1. The summed E-state index contributed by atoms with van der Waals surface area (Å²) in [6, 6.07) is 8.47. The number of carbonyl (C=O) groups is 1. The Labute approximate surface area is 123 Å². The average Bonchev–Trinajstić information content (AvgIpc) is 2.54. The Morgan fingerprint density at radius 2 is 2.29 bits per heavy atom. The van der Waals surface area contributed by atoms with Crippen molar-refractivity contribution in [2.75, 3.05) is 31.6 Å². The Morgan fingerprint density at radius 3 is 2.90 bits per heavy atom. The molecule has 6 nitrogen and oxygen atoms in total. The third-order valence-corrected chi connectivity index (χ3v) is 3.58. The number of aliphatic hydroxyl groups is 1. The molecular weight excluding hydrogens is 270 g/mol. The Balaban J connectivity index is 1.94. The van der Waals surface area contributed by atoms with Crippen LogP contribution >= 0.6 is 0 Å². The molecule has 1 aromatic rings. The van der Waals surface area contributed by atoms with Gasteiger partial charge in [-0.25, -0.2) is 0 Å². The molecule has 0 aromatic heterocycles. The number of morpholine rings is 1. The lowest BCUT2D eigenvalue weighted by Gasteiger charge is -2.35. The molecule has 1 saturated heterocycles. The zero-order valence-electron chi connectivity index (χ0n) is 12.0. The maximum Gasteiger partial charge on any atom is 0.241 e. The minimum Gasteiger partial charge on any atom is -0.394 e. The maximum absolute atomic E-state index is 12.2. The highest BCUT2D eigenvalue weighted by molar-refractivity contribution is 5.94. The number of carbonyl (C=O) groups excluding carboxylic acids is 1. The number of rotatable bonds is 4. The molecule has 1 fully saturated rings. The predicted octanol–water partition coefficient (Wildman–Crippen LogP) is 0.578. The number of nitrogens with one attached hydrogen (secondary N) is 1. The first-order chi connectivity index (χ1) is 10.1. The van der Waals surface area contributed by atoms with E-state index in [9.17, 15) is 4.79 Å². The third-order valence-electron chi connectivity index (χ3n) is 3.58. The summed E-state index contributed by atoms with van der Waals surface area (Å²) >= 11 is 0. The van der Waals surface area contributed by atoms with Crippen molar-refractivity contribution in [3.05, 3.63) is 29.8 Å². The normalized spacial score (nSPS) is 20.5. The second-order valence-corrected chi connectivity index (χ2v) is 5.02. The fraction of sp³-hybridized carbons (Fsp3) is 0.467. The van der Waals surface area contributed by atoms with E-state index in [1.165, 1.54) is 0 Å². The van der Waals surface area contributed by atoms with Gasteiger partial charge in [-0.05, 0) is 31.2 Å². The molecule has 0 bridgehead atoms. The molecule has 6 heteroatoms. The topological polar surface area (TPSA) is 85.6 Å². The summed E-state index contributed by atoms with van der Waals surface area (Å²) in [6.07, 6.45) is -0.232. The van der Waals surface area contributed by atoms with E-state index in [1.54, 1.807) is 24.3 Å². The molecule has 21 heavy (non-hydrogen) atoms. The third kappa shape index (κ3) is 4.02. The largest absolute Gasteiger partial charge is 0.394 e. The van der Waals surface area contributed by atoms with Gasteiger partial charge in [0.1, 0.15) is 0 Å². The molecule has 2 rings (SSSR count). The molecule has 1 aliphatic rings. The van der Waals surface area contributed by atoms with E-state index in [0.29, 0.717) is 30.9 Å². The number of aliphatic hydroxyl groups excluding tert-OH is 1. The minimum absolute atomic E-state index is 0.0412. The van der Waals surface area contributed by atoms with E-state index < -0.39 is 0 Å². The maximum atomic E-state index is 12.2. The molecule has 2 unspecified atom stereocenters. The van der Waals surface area contributed by atoms with E-state index in [2.05, 4.69) is 5.32 Å².